The third-order valence-electron chi connectivity index (χ3n) is 9.08. The lowest BCUT2D eigenvalue weighted by Crippen LogP contribution is -2.37. The topological polar surface area (TPSA) is 197 Å². The third kappa shape index (κ3) is 11.1. The van der Waals surface area contributed by atoms with Gasteiger partial charge in [-0.25, -0.2) is 9.48 Å². The fourth-order valence-corrected chi connectivity index (χ4v) is 6.36. The predicted octanol–water partition coefficient (Wildman–Crippen LogP) is 3.85. The summed E-state index contributed by atoms with van der Waals surface area (Å²) in [5.74, 6) is -2.37. The van der Waals surface area contributed by atoms with Crippen LogP contribution in [0, 0.1) is 11.8 Å². The van der Waals surface area contributed by atoms with E-state index in [-0.39, 0.29) is 41.4 Å². The van der Waals surface area contributed by atoms with E-state index >= 15 is 0 Å². The summed E-state index contributed by atoms with van der Waals surface area (Å²) in [4.78, 5) is 52.7. The molecule has 0 saturated carbocycles. The highest BCUT2D eigenvalue weighted by molar-refractivity contribution is 6.30. The molecule has 2 aliphatic rings. The molecule has 1 aromatic heterocycles. The van der Waals surface area contributed by atoms with Crippen molar-refractivity contribution < 1.29 is 38.5 Å². The molecule has 284 valence electrons. The van der Waals surface area contributed by atoms with Crippen molar-refractivity contribution in [3.63, 3.8) is 0 Å². The van der Waals surface area contributed by atoms with Gasteiger partial charge in [-0.1, -0.05) is 67.1 Å². The molecule has 2 bridgehead atoms. The Kier molecular flexibility index (Phi) is 14.5. The van der Waals surface area contributed by atoms with E-state index in [9.17, 15) is 24.3 Å². The van der Waals surface area contributed by atoms with Gasteiger partial charge in [0.25, 0.3) is 5.91 Å². The second-order valence-electron chi connectivity index (χ2n) is 13.3. The monoisotopic (exact) mass is 750 g/mol. The minimum absolute atomic E-state index is 0.0840. The van der Waals surface area contributed by atoms with Crippen LogP contribution in [-0.4, -0.2) is 82.3 Å². The highest BCUT2D eigenvalue weighted by Crippen LogP contribution is 2.29. The van der Waals surface area contributed by atoms with Gasteiger partial charge in [-0.3, -0.25) is 14.4 Å². The molecule has 1 aromatic carbocycles. The number of ether oxygens (including phenoxy) is 3. The summed E-state index contributed by atoms with van der Waals surface area (Å²) < 4.78 is 18.4. The number of rotatable bonds is 8. The number of Topliss-reactive ketones (excluding diaryl/α,β-unsaturated/α-hetero) is 1. The number of amides is 2. The number of nitrogens with two attached hydrogens (primary N) is 1. The molecule has 1 aliphatic carbocycles. The molecule has 0 radical (unpaired) electrons. The average molecular weight is 751 g/mol. The Morgan fingerprint density at radius 3 is 2.51 bits per heavy atom. The van der Waals surface area contributed by atoms with Crippen molar-refractivity contribution in [2.45, 2.75) is 78.0 Å². The zero-order chi connectivity index (χ0) is 38.8. The van der Waals surface area contributed by atoms with Gasteiger partial charge in [-0.05, 0) is 55.9 Å². The Morgan fingerprint density at radius 2 is 1.85 bits per heavy atom. The lowest BCUT2D eigenvalue weighted by Gasteiger charge is -2.30. The number of carbonyl (C=O) groups excluding carboxylic acids is 4. The van der Waals surface area contributed by atoms with E-state index in [1.54, 1.807) is 62.0 Å². The number of nitrogens with one attached hydrogen (secondary N) is 2. The first-order chi connectivity index (χ1) is 25.2. The van der Waals surface area contributed by atoms with Crippen molar-refractivity contribution in [2.24, 2.45) is 17.6 Å². The maximum Gasteiger partial charge on any atom is 0.405 e. The normalized spacial score (nSPS) is 27.5. The standard InChI is InChI=1S/C38H47ClN6O8/c1-21-14-28-33(41-18-27-20-45(44-43-27)19-25-10-12-26(39)13-11-25)30(46)17-29(35(28)48)42-37(49)22(2)8-7-9-31(51-5)36(53-38(40)50)24(4)16-23(3)34(47)32(15-21)52-6/h7-13,16-17,20-21,23,31-32,34,36,41,47H,14-15,18-19H2,1-6H3,(H2,40,50)(H,42,49)/b9-7-,22-8+,24-16+/t21-,23+,31+,32+,34-,36+/m1/s1. The molecule has 2 heterocycles. The molecule has 0 fully saturated rings. The molecule has 2 amide bonds. The van der Waals surface area contributed by atoms with E-state index in [1.807, 2.05) is 19.1 Å². The van der Waals surface area contributed by atoms with Crippen molar-refractivity contribution in [1.29, 1.82) is 0 Å². The van der Waals surface area contributed by atoms with Crippen LogP contribution in [0.3, 0.4) is 0 Å². The zero-order valence-electron chi connectivity index (χ0n) is 30.7. The number of hydrogen-bond acceptors (Lipinski definition) is 11. The van der Waals surface area contributed by atoms with Gasteiger partial charge < -0.3 is 35.7 Å². The summed E-state index contributed by atoms with van der Waals surface area (Å²) >= 11 is 6.00. The molecule has 14 nitrogen and oxygen atoms in total. The van der Waals surface area contributed by atoms with E-state index in [2.05, 4.69) is 20.9 Å². The van der Waals surface area contributed by atoms with Gasteiger partial charge >= 0.3 is 6.09 Å². The number of halogens is 1. The summed E-state index contributed by atoms with van der Waals surface area (Å²) in [6.07, 6.45) is 5.22. The van der Waals surface area contributed by atoms with Crippen molar-refractivity contribution in [1.82, 2.24) is 25.6 Å². The van der Waals surface area contributed by atoms with Crippen LogP contribution < -0.4 is 16.4 Å². The third-order valence-corrected chi connectivity index (χ3v) is 9.34. The van der Waals surface area contributed by atoms with Crippen LogP contribution >= 0.6 is 11.6 Å². The van der Waals surface area contributed by atoms with Gasteiger partial charge in [0, 0.05) is 42.4 Å². The largest absolute Gasteiger partial charge is 0.439 e. The minimum atomic E-state index is -1.01. The predicted molar refractivity (Wildman–Crippen MR) is 197 cm³/mol. The van der Waals surface area contributed by atoms with E-state index in [0.29, 0.717) is 29.3 Å². The van der Waals surface area contributed by atoms with E-state index in [1.165, 1.54) is 20.3 Å². The van der Waals surface area contributed by atoms with Crippen molar-refractivity contribution in [2.75, 3.05) is 14.2 Å². The highest BCUT2D eigenvalue weighted by atomic mass is 35.5. The highest BCUT2D eigenvalue weighted by Gasteiger charge is 2.33. The second kappa shape index (κ2) is 18.7. The molecule has 0 spiro atoms. The van der Waals surface area contributed by atoms with Gasteiger partial charge in [0.15, 0.2) is 6.10 Å². The number of aromatic nitrogens is 3. The number of hydrogen-bond donors (Lipinski definition) is 4. The van der Waals surface area contributed by atoms with Crippen LogP contribution in [0.4, 0.5) is 4.79 Å². The molecule has 0 saturated heterocycles. The number of aliphatic hydroxyl groups is 1. The Labute approximate surface area is 313 Å². The van der Waals surface area contributed by atoms with Crippen LogP contribution in [0.2, 0.25) is 5.02 Å². The summed E-state index contributed by atoms with van der Waals surface area (Å²) in [5.41, 5.74) is 7.78. The fourth-order valence-electron chi connectivity index (χ4n) is 6.23. The van der Waals surface area contributed by atoms with E-state index in [4.69, 9.17) is 31.5 Å². The van der Waals surface area contributed by atoms with Crippen molar-refractivity contribution in [3.8, 4) is 0 Å². The number of carbonyl (C=O) groups is 4. The summed E-state index contributed by atoms with van der Waals surface area (Å²) in [7, 11) is 2.91. The number of primary amides is 1. The van der Waals surface area contributed by atoms with Crippen LogP contribution in [0.25, 0.3) is 0 Å². The lowest BCUT2D eigenvalue weighted by atomic mass is 9.85. The molecule has 2 aromatic rings. The number of aliphatic hydroxyl groups excluding tert-OH is 1. The molecular formula is C38H47ClN6O8. The van der Waals surface area contributed by atoms with Crippen LogP contribution in [0.5, 0.6) is 0 Å². The summed E-state index contributed by atoms with van der Waals surface area (Å²) in [6.45, 7) is 7.51. The number of methoxy groups -OCH3 is 2. The molecular weight excluding hydrogens is 704 g/mol. The molecule has 4 rings (SSSR count). The van der Waals surface area contributed by atoms with Gasteiger partial charge in [0.1, 0.15) is 11.8 Å². The number of allylic oxidation sites excluding steroid dienone is 4. The maximum atomic E-state index is 14.0. The SMILES string of the molecule is CO[C@H]1/C=C\C=C(/C)C(=O)NC2=CC(=O)C(NCc3cn(Cc4ccc(Cl)cc4)nn3)=C(C[C@@H](C)C[C@H](OC)[C@H](O)[C@@H](C)/C=C(\C)[C@@H]1OC(N)=O)C2=O. The smallest absolute Gasteiger partial charge is 0.405 e. The average Bonchev–Trinajstić information content (AvgIpc) is 3.56. The van der Waals surface area contributed by atoms with Gasteiger partial charge in [0.2, 0.25) is 11.6 Å². The van der Waals surface area contributed by atoms with Crippen molar-refractivity contribution in [3.05, 3.63) is 105 Å². The number of fused-ring (bicyclic) bond motifs is 2. The van der Waals surface area contributed by atoms with Gasteiger partial charge in [-0.15, -0.1) is 5.10 Å². The Bertz CT molecular complexity index is 1830. The zero-order valence-corrected chi connectivity index (χ0v) is 31.4. The second-order valence-corrected chi connectivity index (χ2v) is 13.8. The van der Waals surface area contributed by atoms with Gasteiger partial charge in [0.05, 0.1) is 42.9 Å². The maximum absolute atomic E-state index is 14.0. The lowest BCUT2D eigenvalue weighted by molar-refractivity contribution is -0.120. The molecule has 6 atom stereocenters. The minimum Gasteiger partial charge on any atom is -0.439 e. The Morgan fingerprint density at radius 1 is 1.13 bits per heavy atom. The van der Waals surface area contributed by atoms with Crippen molar-refractivity contribution >= 4 is 35.2 Å². The number of benzene rings is 1. The van der Waals surface area contributed by atoms with Gasteiger partial charge in [-0.2, -0.15) is 0 Å². The summed E-state index contributed by atoms with van der Waals surface area (Å²) in [5, 5.41) is 26.1. The molecule has 5 N–H and O–H groups in total. The Balaban J connectivity index is 1.66. The molecule has 0 unspecified atom stereocenters. The Hall–Kier alpha value is -4.89. The fraction of sp³-hybridized carbons (Fsp3) is 0.421. The van der Waals surface area contributed by atoms with Crippen LogP contribution in [-0.2, 0) is 41.7 Å². The molecule has 53 heavy (non-hydrogen) atoms. The summed E-state index contributed by atoms with van der Waals surface area (Å²) in [6, 6.07) is 7.35. The van der Waals surface area contributed by atoms with Crippen LogP contribution in [0.15, 0.2) is 89.0 Å². The quantitative estimate of drug-likeness (QED) is 0.226. The van der Waals surface area contributed by atoms with E-state index < -0.39 is 53.9 Å². The molecule has 1 aliphatic heterocycles. The number of ketones is 2. The number of nitrogens with zero attached hydrogens (tertiary/aromatic N) is 3. The van der Waals surface area contributed by atoms with E-state index in [0.717, 1.165) is 11.6 Å². The van der Waals surface area contributed by atoms with Crippen LogP contribution in [0.1, 0.15) is 51.8 Å². The first-order valence-corrected chi connectivity index (χ1v) is 17.5. The molecule has 15 heteroatoms. The first-order valence-electron chi connectivity index (χ1n) is 17.2. The first kappa shape index (κ1) is 40.9.